The first kappa shape index (κ1) is 48.6. The number of nitrogen functional groups attached to an aromatic ring is 1. The van der Waals surface area contributed by atoms with Crippen LogP contribution < -0.4 is 105 Å². The number of aromatic nitrogens is 3. The van der Waals surface area contributed by atoms with E-state index >= 15 is 0 Å². The van der Waals surface area contributed by atoms with Gasteiger partial charge in [-0.15, -0.1) is 10.2 Å². The minimum Gasteiger partial charge on any atom is -0.744 e. The van der Waals surface area contributed by atoms with Gasteiger partial charge >= 0.3 is 94.8 Å². The van der Waals surface area contributed by atoms with Crippen molar-refractivity contribution in [1.82, 2.24) is 15.0 Å². The van der Waals surface area contributed by atoms with Crippen LogP contribution in [0.4, 0.5) is 44.7 Å². The number of para-hydroxylation sites is 1. The molecule has 4 N–H and O–H groups in total. The Hall–Kier alpha value is -2.39. The average Bonchev–Trinajstić information content (AvgIpc) is 2.99. The molecule has 25 heteroatoms. The van der Waals surface area contributed by atoms with Crippen molar-refractivity contribution < 1.29 is 137 Å². The molecule has 0 aliphatic heterocycles. The third-order valence-corrected chi connectivity index (χ3v) is 9.26. The molecule has 0 bridgehead atoms. The second-order valence-electron chi connectivity index (χ2n) is 9.86. The van der Waals surface area contributed by atoms with Gasteiger partial charge in [-0.1, -0.05) is 25.6 Å². The summed E-state index contributed by atoms with van der Waals surface area (Å²) in [5, 5.41) is 19.7. The second kappa shape index (κ2) is 19.0. The van der Waals surface area contributed by atoms with E-state index in [0.717, 1.165) is 18.2 Å². The van der Waals surface area contributed by atoms with Gasteiger partial charge in [-0.3, -0.25) is 0 Å². The van der Waals surface area contributed by atoms with E-state index in [1.54, 1.807) is 42.2 Å². The number of nitrogens with one attached hydrogen (secondary N) is 1. The Balaban J connectivity index is 0.00000351. The van der Waals surface area contributed by atoms with E-state index in [9.17, 15) is 48.4 Å². The van der Waals surface area contributed by atoms with Crippen molar-refractivity contribution in [1.29, 1.82) is 0 Å². The maximum Gasteiger partial charge on any atom is 1.00 e. The topological polar surface area (TPSA) is 297 Å². The molecule has 0 radical (unpaired) electrons. The van der Waals surface area contributed by atoms with Crippen molar-refractivity contribution in [3.63, 3.8) is 0 Å². The number of nitrogens with two attached hydrogens (primary N) is 1. The van der Waals surface area contributed by atoms with Gasteiger partial charge in [0, 0.05) is 17.9 Å². The number of aromatic hydroxyl groups is 1. The van der Waals surface area contributed by atoms with E-state index in [2.05, 4.69) is 30.5 Å². The van der Waals surface area contributed by atoms with Gasteiger partial charge in [-0.25, -0.2) is 25.3 Å². The predicted octanol–water partition coefficient (Wildman–Crippen LogP) is -4.87. The molecule has 0 unspecified atom stereocenters. The predicted molar refractivity (Wildman–Crippen MR) is 173 cm³/mol. The van der Waals surface area contributed by atoms with E-state index in [4.69, 9.17) is 5.73 Å². The summed E-state index contributed by atoms with van der Waals surface area (Å²) in [5.41, 5.74) is 4.08. The summed E-state index contributed by atoms with van der Waals surface area (Å²) in [4.78, 5) is 9.99. The van der Waals surface area contributed by atoms with Gasteiger partial charge in [0.25, 0.3) is 0 Å². The Bertz CT molecular complexity index is 2500. The Labute approximate surface area is 369 Å². The molecule has 0 aliphatic carbocycles. The Morgan fingerprint density at radius 1 is 0.830 bits per heavy atom. The van der Waals surface area contributed by atoms with Gasteiger partial charge in [-0.05, 0) is 60.8 Å². The molecule has 0 aliphatic rings. The standard InChI is InChI=1S/C27H23FN8O10S3.CH4.3Na/c1-2-36(16-6-4-3-5-7-16)27-32-25(28)31-26(33-27)30-15-8-9-20(48(41,42)43)18(12-15)34-35-24-22-14(11-21(23(24)29)49(44,45)46)10-17(13-19(22)37)47(38,39)40;;;;/h3-13,37H,2,29H2,1H3,(H,38,39,40)(H,41,42,43)(H,44,45,46)(H,30,31,32,33);1H4;;;/q;;3*+1/p-3. The number of anilines is 5. The first-order chi connectivity index (χ1) is 22.9. The van der Waals surface area contributed by atoms with Crippen molar-refractivity contribution in [2.45, 2.75) is 29.0 Å². The third kappa shape index (κ3) is 11.3. The van der Waals surface area contributed by atoms with Crippen LogP contribution in [0.1, 0.15) is 14.4 Å². The number of phenolic OH excluding ortho intramolecular Hbond substituents is 1. The van der Waals surface area contributed by atoms with Crippen LogP contribution >= 0.6 is 0 Å². The Morgan fingerprint density at radius 2 is 1.45 bits per heavy atom. The Kier molecular flexibility index (Phi) is 17.4. The molecule has 0 spiro atoms. The summed E-state index contributed by atoms with van der Waals surface area (Å²) in [7, 11) is -15.9. The minimum atomic E-state index is -5.39. The van der Waals surface area contributed by atoms with Crippen molar-refractivity contribution in [3.05, 3.63) is 72.8 Å². The van der Waals surface area contributed by atoms with Crippen LogP contribution in [0, 0.1) is 6.08 Å². The summed E-state index contributed by atoms with van der Waals surface area (Å²) in [6.07, 6.45) is -1.18. The molecule has 5 rings (SSSR count). The average molecular weight is 817 g/mol. The van der Waals surface area contributed by atoms with Crippen LogP contribution in [0.5, 0.6) is 5.75 Å². The van der Waals surface area contributed by atoms with Crippen LogP contribution in [0.15, 0.2) is 91.6 Å². The van der Waals surface area contributed by atoms with Gasteiger partial charge in [0.1, 0.15) is 47.5 Å². The molecule has 1 heterocycles. The maximum absolute atomic E-state index is 14.5. The van der Waals surface area contributed by atoms with Crippen LogP contribution in [-0.2, 0) is 30.4 Å². The number of halogens is 1. The van der Waals surface area contributed by atoms with Gasteiger partial charge in [0.2, 0.25) is 11.9 Å². The van der Waals surface area contributed by atoms with E-state index < -0.39 is 84.7 Å². The van der Waals surface area contributed by atoms with Gasteiger partial charge in [-0.2, -0.15) is 19.3 Å². The van der Waals surface area contributed by atoms with Crippen molar-refractivity contribution >= 4 is 81.5 Å². The third-order valence-electron chi connectivity index (χ3n) is 6.69. The summed E-state index contributed by atoms with van der Waals surface area (Å²) in [6.45, 7) is 2.09. The quantitative estimate of drug-likeness (QED) is 0.0515. The molecule has 0 amide bonds. The number of phenols is 1. The molecule has 1 aromatic heterocycles. The van der Waals surface area contributed by atoms with Crippen LogP contribution in [0.3, 0.4) is 0 Å². The molecule has 264 valence electrons. The van der Waals surface area contributed by atoms with Crippen molar-refractivity contribution in [2.24, 2.45) is 10.2 Å². The van der Waals surface area contributed by atoms with E-state index in [1.165, 1.54) is 0 Å². The van der Waals surface area contributed by atoms with Crippen molar-refractivity contribution in [2.75, 3.05) is 22.5 Å². The minimum absolute atomic E-state index is 0. The molecule has 0 saturated heterocycles. The SMILES string of the molecule is C.CCN(c1ccccc1)c1nc(F)nc(Nc2ccc(S(=O)(=O)[O-])c(N=Nc3c(N)c(S(=O)(=O)[O-])cc4cc(S(=O)(=O)[O-])cc(O)c34)c2)n1.[Na+].[Na+].[Na+]. The molecular formula is C28H24FN8Na3O10S3. The second-order valence-corrected chi connectivity index (χ2v) is 13.9. The Morgan fingerprint density at radius 3 is 2.02 bits per heavy atom. The zero-order chi connectivity index (χ0) is 35.9. The monoisotopic (exact) mass is 816 g/mol. The fourth-order valence-electron chi connectivity index (χ4n) is 4.60. The number of benzene rings is 4. The summed E-state index contributed by atoms with van der Waals surface area (Å²) < 4.78 is 121. The molecule has 0 atom stereocenters. The molecule has 4 aromatic carbocycles. The van der Waals surface area contributed by atoms with E-state index in [1.807, 2.05) is 0 Å². The maximum atomic E-state index is 14.5. The molecule has 18 nitrogen and oxygen atoms in total. The van der Waals surface area contributed by atoms with E-state index in [0.29, 0.717) is 30.4 Å². The van der Waals surface area contributed by atoms with Crippen LogP contribution in [-0.4, -0.2) is 65.5 Å². The zero-order valence-electron chi connectivity index (χ0n) is 27.5. The summed E-state index contributed by atoms with van der Waals surface area (Å²) >= 11 is 0. The number of azo groups is 1. The first-order valence-electron chi connectivity index (χ1n) is 13.4. The fraction of sp³-hybridized carbons (Fsp3) is 0.107. The zero-order valence-corrected chi connectivity index (χ0v) is 36.0. The van der Waals surface area contributed by atoms with Crippen molar-refractivity contribution in [3.8, 4) is 5.75 Å². The fourth-order valence-corrected chi connectivity index (χ4v) is 6.36. The molecule has 53 heavy (non-hydrogen) atoms. The number of nitrogens with zero attached hydrogens (tertiary/aromatic N) is 6. The molecule has 0 saturated carbocycles. The molecular weight excluding hydrogens is 793 g/mol. The number of fused-ring (bicyclic) bond motifs is 1. The largest absolute Gasteiger partial charge is 1.00 e. The summed E-state index contributed by atoms with van der Waals surface area (Å²) in [6, 6.07) is 13.3. The van der Waals surface area contributed by atoms with Crippen LogP contribution in [0.25, 0.3) is 10.8 Å². The normalized spacial score (nSPS) is 11.5. The van der Waals surface area contributed by atoms with Gasteiger partial charge < -0.3 is 34.7 Å². The summed E-state index contributed by atoms with van der Waals surface area (Å²) in [5.74, 6) is -1.40. The number of hydrogen-bond donors (Lipinski definition) is 3. The first-order valence-corrected chi connectivity index (χ1v) is 17.6. The van der Waals surface area contributed by atoms with Gasteiger partial charge in [0.05, 0.1) is 25.8 Å². The number of hydrogen-bond acceptors (Lipinski definition) is 18. The van der Waals surface area contributed by atoms with E-state index in [-0.39, 0.29) is 114 Å². The number of rotatable bonds is 10. The smallest absolute Gasteiger partial charge is 0.744 e. The molecule has 5 aromatic rings. The van der Waals surface area contributed by atoms with Gasteiger partial charge in [0.15, 0.2) is 0 Å². The molecule has 0 fully saturated rings. The van der Waals surface area contributed by atoms with Crippen LogP contribution in [0.2, 0.25) is 0 Å².